The van der Waals surface area contributed by atoms with Crippen molar-refractivity contribution in [1.82, 2.24) is 0 Å². The Hall–Kier alpha value is -1.86. The molecule has 2 rings (SSSR count). The van der Waals surface area contributed by atoms with Crippen LogP contribution in [-0.2, 0) is 20.5 Å². The van der Waals surface area contributed by atoms with E-state index in [9.17, 15) is 16.8 Å². The average Bonchev–Trinajstić information content (AvgIpc) is 2.39. The summed E-state index contributed by atoms with van der Waals surface area (Å²) < 4.78 is 46.0. The number of hydrogen-bond acceptors (Lipinski definition) is 5. The molecule has 0 heterocycles. The number of hydrogen-bond donors (Lipinski definition) is 2. The molecule has 2 aromatic carbocycles. The van der Waals surface area contributed by atoms with Crippen LogP contribution in [0.15, 0.2) is 63.2 Å². The summed E-state index contributed by atoms with van der Waals surface area (Å²) in [5.74, 6) is 0. The van der Waals surface area contributed by atoms with Gasteiger partial charge in [0, 0.05) is 5.69 Å². The van der Waals surface area contributed by atoms with E-state index in [0.717, 1.165) is 0 Å². The molecule has 0 aromatic heterocycles. The van der Waals surface area contributed by atoms with Gasteiger partial charge in [-0.25, -0.2) is 16.8 Å². The minimum Gasteiger partial charge on any atom is -0.399 e. The van der Waals surface area contributed by atoms with Crippen molar-refractivity contribution >= 4 is 26.2 Å². The second kappa shape index (κ2) is 5.02. The maximum atomic E-state index is 12.2. The molecular formula is C12H11NO4S2. The minimum absolute atomic E-state index is 0.0397. The molecule has 0 unspecified atom stereocenters. The summed E-state index contributed by atoms with van der Waals surface area (Å²) in [7, 11) is -6.36. The van der Waals surface area contributed by atoms with Gasteiger partial charge in [-0.15, -0.1) is 0 Å². The minimum atomic E-state index is -3.65. The Kier molecular flexibility index (Phi) is 3.59. The lowest BCUT2D eigenvalue weighted by atomic mass is 10.3. The summed E-state index contributed by atoms with van der Waals surface area (Å²) in [6.45, 7) is 0. The van der Waals surface area contributed by atoms with Crippen LogP contribution in [0.2, 0.25) is 0 Å². The molecule has 19 heavy (non-hydrogen) atoms. The summed E-state index contributed by atoms with van der Waals surface area (Å²) in [5.41, 5.74) is 5.97. The quantitative estimate of drug-likeness (QED) is 0.653. The number of anilines is 1. The Bertz CT molecular complexity index is 752. The van der Waals surface area contributed by atoms with Gasteiger partial charge in [-0.3, -0.25) is 0 Å². The molecular weight excluding hydrogens is 286 g/mol. The van der Waals surface area contributed by atoms with E-state index >= 15 is 0 Å². The van der Waals surface area contributed by atoms with E-state index in [0.29, 0.717) is 5.69 Å². The first-order valence-corrected chi connectivity index (χ1v) is 7.92. The predicted molar refractivity (Wildman–Crippen MR) is 71.3 cm³/mol. The summed E-state index contributed by atoms with van der Waals surface area (Å²) in [6.07, 6.45) is 0. The number of benzene rings is 2. The van der Waals surface area contributed by atoms with Gasteiger partial charge in [0.05, 0.1) is 14.7 Å². The fourth-order valence-electron chi connectivity index (χ4n) is 1.53. The van der Waals surface area contributed by atoms with Crippen molar-refractivity contribution in [3.63, 3.8) is 0 Å². The average molecular weight is 297 g/mol. The highest BCUT2D eigenvalue weighted by atomic mass is 32.2. The monoisotopic (exact) mass is 297 g/mol. The van der Waals surface area contributed by atoms with Crippen LogP contribution in [0.4, 0.5) is 5.69 Å². The van der Waals surface area contributed by atoms with Crippen molar-refractivity contribution in [3.8, 4) is 0 Å². The SMILES string of the molecule is Nc1ccc(S(=O)(=O)c2ccc([SH](=O)=O)cc2)cc1. The van der Waals surface area contributed by atoms with Crippen LogP contribution in [0.3, 0.4) is 0 Å². The molecule has 7 heteroatoms. The smallest absolute Gasteiger partial charge is 0.206 e. The molecule has 0 saturated heterocycles. The fraction of sp³-hybridized carbons (Fsp3) is 0. The lowest BCUT2D eigenvalue weighted by molar-refractivity contribution is 0.595. The number of rotatable bonds is 3. The maximum absolute atomic E-state index is 12.2. The van der Waals surface area contributed by atoms with Crippen LogP contribution in [0.1, 0.15) is 0 Å². The van der Waals surface area contributed by atoms with Gasteiger partial charge in [0.25, 0.3) is 0 Å². The molecule has 0 atom stereocenters. The summed E-state index contributed by atoms with van der Waals surface area (Å²) in [5, 5.41) is 0. The molecule has 0 saturated carbocycles. The fourth-order valence-corrected chi connectivity index (χ4v) is 3.18. The standard InChI is InChI=1S/C12H11NO4S2/c13-9-1-5-11(6-2-9)19(16,17)12-7-3-10(4-8-12)18(14)15/h1-8,18H,13H2. The molecule has 0 spiro atoms. The van der Waals surface area contributed by atoms with Gasteiger partial charge in [0.15, 0.2) is 10.7 Å². The third-order valence-electron chi connectivity index (χ3n) is 2.55. The number of nitrogen functional groups attached to an aromatic ring is 1. The van der Waals surface area contributed by atoms with Crippen molar-refractivity contribution < 1.29 is 16.8 Å². The molecule has 0 bridgehead atoms. The zero-order valence-corrected chi connectivity index (χ0v) is 11.4. The van der Waals surface area contributed by atoms with Gasteiger partial charge in [-0.05, 0) is 48.5 Å². The molecule has 0 amide bonds. The van der Waals surface area contributed by atoms with Crippen LogP contribution >= 0.6 is 0 Å². The van der Waals surface area contributed by atoms with E-state index in [-0.39, 0.29) is 14.7 Å². The number of thiol groups is 1. The summed E-state index contributed by atoms with van der Waals surface area (Å²) >= 11 is 0. The van der Waals surface area contributed by atoms with Crippen LogP contribution < -0.4 is 5.73 Å². The second-order valence-corrected chi connectivity index (χ2v) is 6.80. The Balaban J connectivity index is 2.47. The topological polar surface area (TPSA) is 94.3 Å². The van der Waals surface area contributed by atoms with E-state index in [4.69, 9.17) is 5.73 Å². The lowest BCUT2D eigenvalue weighted by Crippen LogP contribution is -2.02. The predicted octanol–water partition coefficient (Wildman–Crippen LogP) is 1.07. The largest absolute Gasteiger partial charge is 0.399 e. The molecule has 100 valence electrons. The van der Waals surface area contributed by atoms with Crippen LogP contribution in [0.5, 0.6) is 0 Å². The Morgan fingerprint density at radius 3 is 1.63 bits per heavy atom. The molecule has 0 fully saturated rings. The van der Waals surface area contributed by atoms with Gasteiger partial charge < -0.3 is 5.73 Å². The van der Waals surface area contributed by atoms with E-state index < -0.39 is 20.5 Å². The van der Waals surface area contributed by atoms with E-state index in [1.165, 1.54) is 48.5 Å². The maximum Gasteiger partial charge on any atom is 0.206 e. The normalized spacial score (nSPS) is 11.6. The van der Waals surface area contributed by atoms with Gasteiger partial charge in [0.2, 0.25) is 9.84 Å². The Labute approximate surface area is 112 Å². The van der Waals surface area contributed by atoms with E-state index in [1.807, 2.05) is 0 Å². The van der Waals surface area contributed by atoms with Crippen molar-refractivity contribution in [2.45, 2.75) is 14.7 Å². The zero-order chi connectivity index (χ0) is 14.0. The van der Waals surface area contributed by atoms with Crippen molar-refractivity contribution in [3.05, 3.63) is 48.5 Å². The molecule has 2 aromatic rings. The zero-order valence-electron chi connectivity index (χ0n) is 9.68. The molecule has 0 aliphatic carbocycles. The number of nitrogens with two attached hydrogens (primary N) is 1. The van der Waals surface area contributed by atoms with Gasteiger partial charge in [-0.1, -0.05) is 0 Å². The van der Waals surface area contributed by atoms with Crippen molar-refractivity contribution in [2.24, 2.45) is 0 Å². The Morgan fingerprint density at radius 2 is 1.21 bits per heavy atom. The first-order valence-electron chi connectivity index (χ1n) is 5.26. The summed E-state index contributed by atoms with van der Waals surface area (Å²) in [4.78, 5) is 0.227. The van der Waals surface area contributed by atoms with Gasteiger partial charge in [-0.2, -0.15) is 0 Å². The van der Waals surface area contributed by atoms with E-state index in [1.54, 1.807) is 0 Å². The number of sulfone groups is 1. The molecule has 5 nitrogen and oxygen atoms in total. The first kappa shape index (κ1) is 13.6. The van der Waals surface area contributed by atoms with Crippen LogP contribution in [0.25, 0.3) is 0 Å². The lowest BCUT2D eigenvalue weighted by Gasteiger charge is -2.05. The van der Waals surface area contributed by atoms with Crippen LogP contribution in [0, 0.1) is 0 Å². The molecule has 2 N–H and O–H groups in total. The van der Waals surface area contributed by atoms with Crippen LogP contribution in [-0.4, -0.2) is 16.8 Å². The third kappa shape index (κ3) is 2.77. The molecule has 0 aliphatic heterocycles. The third-order valence-corrected chi connectivity index (χ3v) is 5.05. The second-order valence-electron chi connectivity index (χ2n) is 3.82. The highest BCUT2D eigenvalue weighted by Crippen LogP contribution is 2.22. The summed E-state index contributed by atoms with van der Waals surface area (Å²) in [6, 6.07) is 10.9. The molecule has 0 radical (unpaired) electrons. The Morgan fingerprint density at radius 1 is 0.789 bits per heavy atom. The van der Waals surface area contributed by atoms with Gasteiger partial charge >= 0.3 is 0 Å². The van der Waals surface area contributed by atoms with E-state index in [2.05, 4.69) is 0 Å². The van der Waals surface area contributed by atoms with Gasteiger partial charge in [0.1, 0.15) is 0 Å². The highest BCUT2D eigenvalue weighted by Gasteiger charge is 2.17. The highest BCUT2D eigenvalue weighted by molar-refractivity contribution is 7.91. The first-order chi connectivity index (χ1) is 8.91. The van der Waals surface area contributed by atoms with Crippen molar-refractivity contribution in [1.29, 1.82) is 0 Å². The molecule has 0 aliphatic rings. The van der Waals surface area contributed by atoms with Crippen molar-refractivity contribution in [2.75, 3.05) is 5.73 Å².